The maximum absolute atomic E-state index is 11.6. The topological polar surface area (TPSA) is 66.8 Å². The van der Waals surface area contributed by atoms with Gasteiger partial charge in [-0.2, -0.15) is 0 Å². The molecule has 1 fully saturated rings. The number of aliphatic hydroxyl groups excluding tert-OH is 1. The van der Waals surface area contributed by atoms with Gasteiger partial charge in [0.15, 0.2) is 0 Å². The maximum Gasteiger partial charge on any atom is 0.309 e. The first-order valence-electron chi connectivity index (χ1n) is 22.7. The maximum atomic E-state index is 11.6. The summed E-state index contributed by atoms with van der Waals surface area (Å²) in [7, 11) is 0. The first kappa shape index (κ1) is 54.7. The van der Waals surface area contributed by atoms with Gasteiger partial charge in [0.25, 0.3) is 0 Å². The lowest BCUT2D eigenvalue weighted by Crippen LogP contribution is -2.27. The van der Waals surface area contributed by atoms with Crippen LogP contribution in [0.1, 0.15) is 267 Å². The Kier molecular flexibility index (Phi) is 45.2. The van der Waals surface area contributed by atoms with Crippen molar-refractivity contribution in [3.8, 4) is 0 Å². The van der Waals surface area contributed by atoms with E-state index in [1.165, 1.54) is 193 Å². The quantitative estimate of drug-likeness (QED) is 0.0648. The molecule has 0 aliphatic carbocycles. The molecule has 4 heteroatoms. The van der Waals surface area contributed by atoms with Crippen molar-refractivity contribution in [3.05, 3.63) is 0 Å². The number of hydrogen-bond donors (Lipinski definition) is 2. The molecule has 0 amide bonds. The number of aliphatic carboxylic acids is 1. The van der Waals surface area contributed by atoms with E-state index in [2.05, 4.69) is 34.6 Å². The average Bonchev–Trinajstić information content (AvgIpc) is 3.71. The molecule has 1 rings (SSSR count). The third kappa shape index (κ3) is 38.9. The molecule has 0 aromatic carbocycles. The zero-order valence-corrected chi connectivity index (χ0v) is 35.4. The number of carboxylic acids is 1. The van der Waals surface area contributed by atoms with Crippen molar-refractivity contribution in [1.29, 1.82) is 0 Å². The van der Waals surface area contributed by atoms with E-state index in [1.54, 1.807) is 0 Å². The van der Waals surface area contributed by atoms with Crippen molar-refractivity contribution in [2.75, 3.05) is 19.8 Å². The summed E-state index contributed by atoms with van der Waals surface area (Å²) >= 11 is 0. The molecule has 0 spiro atoms. The second-order valence-electron chi connectivity index (χ2n) is 16.6. The van der Waals surface area contributed by atoms with Gasteiger partial charge in [0.1, 0.15) is 0 Å². The standard InChI is InChI=1S/C21H42O2.C21H44O.C4H8O.CH4/c1-4-6-8-10-12-13-15-17-19-21(3,20(22)23)18-16-14-11-9-7-5-2;1-4-6-8-10-12-13-15-17-19-21(3,20-22)18-16-14-11-9-7-5-2;1-2-4-5-3-1;/h4-19H2,1-3H3,(H,22,23);22H,4-20H2,1-3H3;1-4H2;1H4. The summed E-state index contributed by atoms with van der Waals surface area (Å²) in [6, 6.07) is 0. The molecular weight excluding hydrogens is 629 g/mol. The van der Waals surface area contributed by atoms with E-state index in [1.807, 2.05) is 6.92 Å². The Morgan fingerprint density at radius 3 is 0.941 bits per heavy atom. The van der Waals surface area contributed by atoms with Crippen LogP contribution in [0, 0.1) is 10.8 Å². The van der Waals surface area contributed by atoms with Crippen molar-refractivity contribution in [2.24, 2.45) is 10.8 Å². The van der Waals surface area contributed by atoms with E-state index < -0.39 is 11.4 Å². The summed E-state index contributed by atoms with van der Waals surface area (Å²) in [6.07, 6.45) is 43.5. The Labute approximate surface area is 322 Å². The van der Waals surface area contributed by atoms with Gasteiger partial charge in [0, 0.05) is 19.8 Å². The normalized spacial score (nSPS) is 14.7. The van der Waals surface area contributed by atoms with E-state index in [-0.39, 0.29) is 12.8 Å². The molecule has 2 atom stereocenters. The Balaban J connectivity index is -0.000000777. The minimum atomic E-state index is -0.589. The van der Waals surface area contributed by atoms with E-state index in [0.29, 0.717) is 6.61 Å². The van der Waals surface area contributed by atoms with Crippen LogP contribution >= 0.6 is 0 Å². The molecule has 0 saturated carbocycles. The van der Waals surface area contributed by atoms with Crippen LogP contribution in [0.5, 0.6) is 0 Å². The third-order valence-electron chi connectivity index (χ3n) is 11.2. The molecule has 0 aromatic heterocycles. The SMILES string of the molecule is C.C1CCOC1.CCCCCCCCCCC(C)(CCCCCCCC)C(=O)O.CCCCCCCCCCC(C)(CO)CCCCCCCC. The number of unbranched alkanes of at least 4 members (excludes halogenated alkanes) is 24. The fourth-order valence-electron chi connectivity index (χ4n) is 7.09. The summed E-state index contributed by atoms with van der Waals surface area (Å²) in [5.74, 6) is -0.589. The van der Waals surface area contributed by atoms with Gasteiger partial charge in [-0.1, -0.05) is 222 Å². The van der Waals surface area contributed by atoms with Crippen molar-refractivity contribution >= 4 is 5.97 Å². The summed E-state index contributed by atoms with van der Waals surface area (Å²) in [5.41, 5.74) is -0.306. The minimum Gasteiger partial charge on any atom is -0.481 e. The van der Waals surface area contributed by atoms with Crippen molar-refractivity contribution in [3.63, 3.8) is 0 Å². The van der Waals surface area contributed by atoms with Crippen LogP contribution in [0.4, 0.5) is 0 Å². The molecular formula is C47H98O4. The van der Waals surface area contributed by atoms with Crippen LogP contribution in [-0.4, -0.2) is 36.0 Å². The zero-order valence-electron chi connectivity index (χ0n) is 35.4. The third-order valence-corrected chi connectivity index (χ3v) is 11.2. The van der Waals surface area contributed by atoms with Crippen molar-refractivity contribution < 1.29 is 19.7 Å². The lowest BCUT2D eigenvalue weighted by atomic mass is 9.80. The number of rotatable bonds is 34. The lowest BCUT2D eigenvalue weighted by molar-refractivity contribution is -0.149. The minimum absolute atomic E-state index is 0. The van der Waals surface area contributed by atoms with Gasteiger partial charge in [-0.15, -0.1) is 0 Å². The second kappa shape index (κ2) is 42.1. The molecule has 0 bridgehead atoms. The summed E-state index contributed by atoms with van der Waals surface area (Å²) in [5, 5.41) is 19.3. The highest BCUT2D eigenvalue weighted by molar-refractivity contribution is 5.74. The van der Waals surface area contributed by atoms with E-state index in [0.717, 1.165) is 38.9 Å². The van der Waals surface area contributed by atoms with E-state index in [4.69, 9.17) is 4.74 Å². The zero-order chi connectivity index (χ0) is 37.4. The number of carbonyl (C=O) groups is 1. The van der Waals surface area contributed by atoms with Gasteiger partial charge >= 0.3 is 5.97 Å². The first-order valence-corrected chi connectivity index (χ1v) is 22.7. The molecule has 0 aromatic rings. The molecule has 1 aliphatic heterocycles. The van der Waals surface area contributed by atoms with Gasteiger partial charge in [-0.3, -0.25) is 4.79 Å². The summed E-state index contributed by atoms with van der Waals surface area (Å²) < 4.78 is 4.94. The number of hydrogen-bond acceptors (Lipinski definition) is 3. The summed E-state index contributed by atoms with van der Waals surface area (Å²) in [6.45, 7) is 15.6. The lowest BCUT2D eigenvalue weighted by Gasteiger charge is -2.27. The Morgan fingerprint density at radius 1 is 0.471 bits per heavy atom. The average molecular weight is 727 g/mol. The van der Waals surface area contributed by atoms with Crippen LogP contribution in [-0.2, 0) is 9.53 Å². The van der Waals surface area contributed by atoms with Gasteiger partial charge in [-0.25, -0.2) is 0 Å². The van der Waals surface area contributed by atoms with Crippen LogP contribution in [0.2, 0.25) is 0 Å². The highest BCUT2D eigenvalue weighted by Gasteiger charge is 2.31. The summed E-state index contributed by atoms with van der Waals surface area (Å²) in [4.78, 5) is 11.6. The number of carboxylic acid groups (broad SMARTS) is 1. The van der Waals surface area contributed by atoms with Crippen LogP contribution < -0.4 is 0 Å². The monoisotopic (exact) mass is 727 g/mol. The van der Waals surface area contributed by atoms with Gasteiger partial charge in [0.2, 0.25) is 0 Å². The molecule has 310 valence electrons. The van der Waals surface area contributed by atoms with Crippen LogP contribution in [0.25, 0.3) is 0 Å². The molecule has 1 aliphatic rings. The highest BCUT2D eigenvalue weighted by atomic mass is 16.5. The Hall–Kier alpha value is -0.610. The van der Waals surface area contributed by atoms with Crippen LogP contribution in [0.15, 0.2) is 0 Å². The smallest absolute Gasteiger partial charge is 0.309 e. The van der Waals surface area contributed by atoms with Gasteiger partial charge in [0.05, 0.1) is 5.41 Å². The van der Waals surface area contributed by atoms with Gasteiger partial charge < -0.3 is 14.9 Å². The number of ether oxygens (including phenoxy) is 1. The first-order chi connectivity index (χ1) is 24.2. The molecule has 1 heterocycles. The van der Waals surface area contributed by atoms with Crippen LogP contribution in [0.3, 0.4) is 0 Å². The molecule has 1 saturated heterocycles. The second-order valence-corrected chi connectivity index (χ2v) is 16.6. The molecule has 0 radical (unpaired) electrons. The van der Waals surface area contributed by atoms with Crippen molar-refractivity contribution in [1.82, 2.24) is 0 Å². The van der Waals surface area contributed by atoms with Gasteiger partial charge in [-0.05, 0) is 50.9 Å². The predicted molar refractivity (Wildman–Crippen MR) is 228 cm³/mol. The molecule has 2 N–H and O–H groups in total. The van der Waals surface area contributed by atoms with E-state index >= 15 is 0 Å². The molecule has 2 unspecified atom stereocenters. The van der Waals surface area contributed by atoms with E-state index in [9.17, 15) is 15.0 Å². The number of aliphatic hydroxyl groups is 1. The highest BCUT2D eigenvalue weighted by Crippen LogP contribution is 2.32. The Morgan fingerprint density at radius 2 is 0.725 bits per heavy atom. The fraction of sp³-hybridized carbons (Fsp3) is 0.979. The fourth-order valence-corrected chi connectivity index (χ4v) is 7.09. The predicted octanol–water partition coefficient (Wildman–Crippen LogP) is 16.1. The molecule has 51 heavy (non-hydrogen) atoms. The Bertz CT molecular complexity index is 655. The molecule has 4 nitrogen and oxygen atoms in total. The largest absolute Gasteiger partial charge is 0.481 e. The van der Waals surface area contributed by atoms with Crippen molar-refractivity contribution in [2.45, 2.75) is 267 Å².